The monoisotopic (exact) mass is 502 g/mol. The Morgan fingerprint density at radius 3 is 2.39 bits per heavy atom. The van der Waals surface area contributed by atoms with E-state index in [1.165, 1.54) is 11.0 Å². The lowest BCUT2D eigenvalue weighted by Crippen LogP contribution is -2.53. The van der Waals surface area contributed by atoms with Gasteiger partial charge in [-0.25, -0.2) is 4.79 Å². The minimum Gasteiger partial charge on any atom is -0.508 e. The van der Waals surface area contributed by atoms with E-state index in [-0.39, 0.29) is 18.2 Å². The minimum atomic E-state index is -1.12. The quantitative estimate of drug-likeness (QED) is 0.288. The molecular formula is C27H42N4O5. The molecule has 3 N–H and O–H groups in total. The average Bonchev–Trinajstić information content (AvgIpc) is 2.76. The fraction of sp³-hybridized carbons (Fsp3) is 0.630. The summed E-state index contributed by atoms with van der Waals surface area (Å²) in [6.07, 6.45) is 2.26. The van der Waals surface area contributed by atoms with Crippen molar-refractivity contribution in [1.29, 1.82) is 5.26 Å². The molecule has 0 aliphatic rings. The highest BCUT2D eigenvalue weighted by molar-refractivity contribution is 5.92. The van der Waals surface area contributed by atoms with Gasteiger partial charge in [0, 0.05) is 6.54 Å². The van der Waals surface area contributed by atoms with E-state index in [1.807, 2.05) is 19.9 Å². The zero-order valence-electron chi connectivity index (χ0n) is 22.7. The molecule has 0 bridgehead atoms. The van der Waals surface area contributed by atoms with Gasteiger partial charge in [-0.2, -0.15) is 5.26 Å². The number of carbonyl (C=O) groups is 3. The molecule has 1 aromatic carbocycles. The molecule has 0 saturated carbocycles. The van der Waals surface area contributed by atoms with Gasteiger partial charge in [0.2, 0.25) is 11.8 Å². The van der Waals surface area contributed by atoms with Crippen molar-refractivity contribution < 1.29 is 24.2 Å². The lowest BCUT2D eigenvalue weighted by Gasteiger charge is -2.33. The summed E-state index contributed by atoms with van der Waals surface area (Å²) in [5.41, 5.74) is 0.237. The molecule has 200 valence electrons. The van der Waals surface area contributed by atoms with Crippen LogP contribution in [-0.4, -0.2) is 52.6 Å². The van der Waals surface area contributed by atoms with Gasteiger partial charge >= 0.3 is 6.09 Å². The predicted octanol–water partition coefficient (Wildman–Crippen LogP) is 4.34. The molecule has 3 amide bonds. The van der Waals surface area contributed by atoms with Gasteiger partial charge < -0.3 is 25.4 Å². The van der Waals surface area contributed by atoms with Gasteiger partial charge in [-0.15, -0.1) is 0 Å². The van der Waals surface area contributed by atoms with E-state index >= 15 is 0 Å². The second-order valence-electron chi connectivity index (χ2n) is 10.4. The highest BCUT2D eigenvalue weighted by Crippen LogP contribution is 2.27. The van der Waals surface area contributed by atoms with E-state index in [1.54, 1.807) is 39.8 Å². The number of aryl methyl sites for hydroxylation is 1. The summed E-state index contributed by atoms with van der Waals surface area (Å²) in [4.78, 5) is 40.9. The lowest BCUT2D eigenvalue weighted by molar-refractivity contribution is -0.142. The third-order valence-corrected chi connectivity index (χ3v) is 5.40. The SMILES string of the molecule is CCCCCNC(=O)C(c1ccc(O)c(C)c1)N(CC#N)C(=O)C(CC(C)C)NC(=O)OC(C)(C)C. The Hall–Kier alpha value is -3.28. The van der Waals surface area contributed by atoms with Gasteiger partial charge in [-0.05, 0) is 69.7 Å². The number of alkyl carbamates (subject to hydrolysis) is 1. The number of phenolic OH excluding ortho intramolecular Hbond substituents is 1. The molecule has 0 aliphatic carbocycles. The smallest absolute Gasteiger partial charge is 0.408 e. The molecule has 0 aromatic heterocycles. The number of ether oxygens (including phenoxy) is 1. The third-order valence-electron chi connectivity index (χ3n) is 5.40. The number of amides is 3. The second kappa shape index (κ2) is 14.3. The number of nitriles is 1. The van der Waals surface area contributed by atoms with Crippen molar-refractivity contribution in [3.05, 3.63) is 29.3 Å². The molecule has 2 unspecified atom stereocenters. The number of phenols is 1. The van der Waals surface area contributed by atoms with Crippen LogP contribution in [0.4, 0.5) is 4.79 Å². The number of aromatic hydroxyl groups is 1. The van der Waals surface area contributed by atoms with Crippen LogP contribution in [0.25, 0.3) is 0 Å². The van der Waals surface area contributed by atoms with Crippen LogP contribution in [0.5, 0.6) is 5.75 Å². The molecule has 9 nitrogen and oxygen atoms in total. The van der Waals surface area contributed by atoms with E-state index in [4.69, 9.17) is 4.74 Å². The van der Waals surface area contributed by atoms with Gasteiger partial charge in [0.25, 0.3) is 0 Å². The Kier molecular flexibility index (Phi) is 12.2. The molecule has 0 fully saturated rings. The first-order valence-electron chi connectivity index (χ1n) is 12.5. The zero-order chi connectivity index (χ0) is 27.5. The van der Waals surface area contributed by atoms with Crippen LogP contribution < -0.4 is 10.6 Å². The summed E-state index contributed by atoms with van der Waals surface area (Å²) in [6.45, 7) is 12.8. The van der Waals surface area contributed by atoms with E-state index in [2.05, 4.69) is 17.6 Å². The highest BCUT2D eigenvalue weighted by atomic mass is 16.6. The van der Waals surface area contributed by atoms with Crippen molar-refractivity contribution in [2.45, 2.75) is 91.8 Å². The Morgan fingerprint density at radius 2 is 1.86 bits per heavy atom. The minimum absolute atomic E-state index is 0.0371. The number of unbranched alkanes of at least 4 members (excludes halogenated alkanes) is 2. The summed E-state index contributed by atoms with van der Waals surface area (Å²) >= 11 is 0. The van der Waals surface area contributed by atoms with Crippen LogP contribution in [-0.2, 0) is 14.3 Å². The van der Waals surface area contributed by atoms with Gasteiger partial charge in [0.15, 0.2) is 0 Å². The summed E-state index contributed by atoms with van der Waals surface area (Å²) in [7, 11) is 0. The van der Waals surface area contributed by atoms with Crippen LogP contribution in [0, 0.1) is 24.2 Å². The molecule has 0 saturated heterocycles. The Bertz CT molecular complexity index is 933. The number of nitrogens with zero attached hydrogens (tertiary/aromatic N) is 2. The van der Waals surface area contributed by atoms with Crippen molar-refractivity contribution in [3.63, 3.8) is 0 Å². The number of rotatable bonds is 12. The second-order valence-corrected chi connectivity index (χ2v) is 10.4. The Morgan fingerprint density at radius 1 is 1.19 bits per heavy atom. The van der Waals surface area contributed by atoms with Crippen LogP contribution in [0.1, 0.15) is 84.4 Å². The van der Waals surface area contributed by atoms with E-state index < -0.39 is 35.6 Å². The molecule has 36 heavy (non-hydrogen) atoms. The first kappa shape index (κ1) is 30.8. The van der Waals surface area contributed by atoms with E-state index in [0.29, 0.717) is 24.1 Å². The molecule has 0 spiro atoms. The van der Waals surface area contributed by atoms with Gasteiger partial charge in [0.1, 0.15) is 30.0 Å². The van der Waals surface area contributed by atoms with Crippen molar-refractivity contribution >= 4 is 17.9 Å². The normalized spacial score (nSPS) is 12.9. The van der Waals surface area contributed by atoms with Gasteiger partial charge in [0.05, 0.1) is 6.07 Å². The van der Waals surface area contributed by atoms with Crippen LogP contribution in [0.15, 0.2) is 18.2 Å². The third kappa shape index (κ3) is 10.1. The molecule has 2 atom stereocenters. The molecule has 1 aromatic rings. The molecule has 1 rings (SSSR count). The van der Waals surface area contributed by atoms with Crippen LogP contribution >= 0.6 is 0 Å². The predicted molar refractivity (Wildman–Crippen MR) is 138 cm³/mol. The van der Waals surface area contributed by atoms with Crippen molar-refractivity contribution in [3.8, 4) is 11.8 Å². The molecule has 0 heterocycles. The summed E-state index contributed by atoms with van der Waals surface area (Å²) in [6, 6.07) is 4.52. The molecule has 0 aliphatic heterocycles. The first-order chi connectivity index (χ1) is 16.8. The van der Waals surface area contributed by atoms with Crippen LogP contribution in [0.2, 0.25) is 0 Å². The van der Waals surface area contributed by atoms with E-state index in [0.717, 1.165) is 19.3 Å². The maximum Gasteiger partial charge on any atom is 0.408 e. The lowest BCUT2D eigenvalue weighted by atomic mass is 9.98. The molecule has 9 heteroatoms. The molecular weight excluding hydrogens is 460 g/mol. The topological polar surface area (TPSA) is 132 Å². The average molecular weight is 503 g/mol. The van der Waals surface area contributed by atoms with Crippen molar-refractivity contribution in [1.82, 2.24) is 15.5 Å². The van der Waals surface area contributed by atoms with Crippen LogP contribution in [0.3, 0.4) is 0 Å². The Balaban J connectivity index is 3.41. The Labute approximate surface area is 215 Å². The fourth-order valence-electron chi connectivity index (χ4n) is 3.72. The number of carbonyl (C=O) groups excluding carboxylic acids is 3. The fourth-order valence-corrected chi connectivity index (χ4v) is 3.72. The first-order valence-corrected chi connectivity index (χ1v) is 12.5. The van der Waals surface area contributed by atoms with Crippen molar-refractivity contribution in [2.75, 3.05) is 13.1 Å². The highest BCUT2D eigenvalue weighted by Gasteiger charge is 2.36. The van der Waals surface area contributed by atoms with Crippen molar-refractivity contribution in [2.24, 2.45) is 5.92 Å². The number of nitrogens with one attached hydrogen (secondary N) is 2. The van der Waals surface area contributed by atoms with Gasteiger partial charge in [-0.1, -0.05) is 39.7 Å². The summed E-state index contributed by atoms with van der Waals surface area (Å²) < 4.78 is 5.34. The van der Waals surface area contributed by atoms with Gasteiger partial charge in [-0.3, -0.25) is 9.59 Å². The number of benzene rings is 1. The number of hydrogen-bond donors (Lipinski definition) is 3. The standard InChI is InChI=1S/C27H42N4O5/c1-8-9-10-14-29-24(33)23(20-11-12-22(32)19(4)17-20)31(15-13-28)25(34)21(16-18(2)3)30-26(35)36-27(5,6)7/h11-12,17-18,21,23,32H,8-10,14-16H2,1-7H3,(H,29,33)(H,30,35). The number of hydrogen-bond acceptors (Lipinski definition) is 6. The maximum atomic E-state index is 13.8. The zero-order valence-corrected chi connectivity index (χ0v) is 22.7. The summed E-state index contributed by atoms with van der Waals surface area (Å²) in [5.74, 6) is -0.894. The molecule has 0 radical (unpaired) electrons. The largest absolute Gasteiger partial charge is 0.508 e. The maximum absolute atomic E-state index is 13.8. The van der Waals surface area contributed by atoms with E-state index in [9.17, 15) is 24.8 Å². The summed E-state index contributed by atoms with van der Waals surface area (Å²) in [5, 5.41) is 25.1.